The largest absolute Gasteiger partial charge is 0.394 e. The van der Waals surface area contributed by atoms with Gasteiger partial charge in [0.1, 0.15) is 36.3 Å². The van der Waals surface area contributed by atoms with Crippen molar-refractivity contribution >= 4 is 59.1 Å². The first-order chi connectivity index (χ1) is 57.3. The molecule has 30 nitrogen and oxygen atoms in total. The molecule has 0 rings (SSSR count). The predicted molar refractivity (Wildman–Crippen MR) is 476 cm³/mol. The summed E-state index contributed by atoms with van der Waals surface area (Å²) in [5, 5.41) is 44.5. The Bertz CT molecular complexity index is 2460. The molecule has 0 unspecified atom stereocenters. The zero-order valence-electron chi connectivity index (χ0n) is 73.7. The SMILES string of the molecule is CCCCCCCCC/C=C\CCCCCCC(=O)NCCCN(CCCCN(CCCNC(=O)CCCCCC/C=C\CCCCCCCCC)C(=O)[C@H](CO)NC(=O)[C@H](CCCCN)NC(=O)[C@H](CCCCN)NC(=O)[C@@H](N)CCCCN)C(=O)[C@H](CO)NC(=O)[C@H](CCCCN)NC(=O)[C@H](CCCCN)NC(=O)[C@@H](N)CCCCN. The molecule has 0 aromatic carbocycles. The third kappa shape index (κ3) is 60.3. The van der Waals surface area contributed by atoms with Crippen LogP contribution in [-0.2, 0) is 47.9 Å². The molecule has 0 aromatic heterocycles. The minimum absolute atomic E-state index is 0.0367. The van der Waals surface area contributed by atoms with Crippen LogP contribution in [0.15, 0.2) is 24.3 Å². The summed E-state index contributed by atoms with van der Waals surface area (Å²) in [5.41, 5.74) is 47.2. The maximum Gasteiger partial charge on any atom is 0.247 e. The number of rotatable bonds is 83. The molecule has 0 spiro atoms. The average molecular weight is 1670 g/mol. The Labute approximate surface area is 711 Å². The van der Waals surface area contributed by atoms with Gasteiger partial charge in [-0.1, -0.05) is 154 Å². The molecule has 0 aliphatic carbocycles. The van der Waals surface area contributed by atoms with E-state index in [0.717, 1.165) is 64.2 Å². The maximum atomic E-state index is 14.9. The molecule has 0 aliphatic heterocycles. The third-order valence-corrected chi connectivity index (χ3v) is 21.4. The standard InChI is InChI=1S/C88H172N18O12/c1-3-5-7-9-11-13-15-17-19-21-23-25-27-29-31-55-79(109)97-63-47-67-105(87(117)77(69-107)103-85(115)75(53-37-43-61-93)101-83(113)73(51-35-41-59-91)99-81(111)71(95)49-33-39-57-89)65-45-46-66-106(68-48-64-98-80(110)56-32-30-28-26-24-22-20-18-16-14-12-10-8-6-4-2)88(118)78(70-108)104-86(116)76(54-38-44-62-94)102-84(114)74(52-36-42-60-92)100-82(112)72(96)50-34-40-58-90/h19-22,71-78,107-108H,3-18,23-70,89-96H2,1-2H3,(H,97,109)(H,98,110)(H,99,111)(H,100,112)(H,101,113)(H,102,114)(H,103,115)(H,104,116)/b21-19-,22-20-/t71-,72-,73-,74-,75-,76-,77-,78-/m0/s1. The molecule has 0 heterocycles. The minimum Gasteiger partial charge on any atom is -0.394 e. The van der Waals surface area contributed by atoms with Gasteiger partial charge in [0.05, 0.1) is 25.3 Å². The molecule has 118 heavy (non-hydrogen) atoms. The molecule has 0 saturated heterocycles. The van der Waals surface area contributed by atoms with E-state index in [9.17, 15) is 58.2 Å². The molecule has 0 fully saturated rings. The van der Waals surface area contributed by atoms with Gasteiger partial charge in [0, 0.05) is 52.1 Å². The first-order valence-electron chi connectivity index (χ1n) is 46.4. The lowest BCUT2D eigenvalue weighted by molar-refractivity contribution is -0.139. The van der Waals surface area contributed by atoms with Gasteiger partial charge in [-0.2, -0.15) is 0 Å². The number of aliphatic hydroxyl groups excluding tert-OH is 2. The number of allylic oxidation sites excluding steroid dienone is 4. The van der Waals surface area contributed by atoms with Crippen molar-refractivity contribution in [3.05, 3.63) is 24.3 Å². The molecule has 0 aliphatic rings. The van der Waals surface area contributed by atoms with Gasteiger partial charge in [-0.25, -0.2) is 0 Å². The summed E-state index contributed by atoms with van der Waals surface area (Å²) in [4.78, 5) is 143. The number of nitrogens with one attached hydrogen (secondary N) is 8. The van der Waals surface area contributed by atoms with Crippen LogP contribution in [-0.4, -0.2) is 219 Å². The first-order valence-corrected chi connectivity index (χ1v) is 46.4. The van der Waals surface area contributed by atoms with Crippen molar-refractivity contribution in [1.29, 1.82) is 0 Å². The van der Waals surface area contributed by atoms with Crippen molar-refractivity contribution in [2.75, 3.05) is 91.8 Å². The van der Waals surface area contributed by atoms with Crippen LogP contribution in [0, 0.1) is 0 Å². The summed E-state index contributed by atoms with van der Waals surface area (Å²) in [5.74, 6) is -5.52. The fourth-order valence-electron chi connectivity index (χ4n) is 13.9. The average Bonchev–Trinajstić information content (AvgIpc) is 0.864. The Hall–Kier alpha value is -6.22. The van der Waals surface area contributed by atoms with E-state index in [1.807, 2.05) is 0 Å². The third-order valence-electron chi connectivity index (χ3n) is 21.4. The summed E-state index contributed by atoms with van der Waals surface area (Å²) in [6.45, 7) is 5.53. The number of hydrogen-bond acceptors (Lipinski definition) is 20. The summed E-state index contributed by atoms with van der Waals surface area (Å²) >= 11 is 0. The Morgan fingerprint density at radius 3 is 0.788 bits per heavy atom. The molecule has 10 amide bonds. The van der Waals surface area contributed by atoms with Crippen LogP contribution in [0.5, 0.6) is 0 Å². The van der Waals surface area contributed by atoms with E-state index in [0.29, 0.717) is 155 Å². The predicted octanol–water partition coefficient (Wildman–Crippen LogP) is 6.83. The zero-order valence-corrected chi connectivity index (χ0v) is 73.7. The van der Waals surface area contributed by atoms with E-state index in [2.05, 4.69) is 80.7 Å². The molecule has 8 atom stereocenters. The fraction of sp³-hybridized carbons (Fsp3) is 0.841. The summed E-state index contributed by atoms with van der Waals surface area (Å²) in [7, 11) is 0. The molecule has 0 aromatic rings. The van der Waals surface area contributed by atoms with E-state index in [-0.39, 0.29) is 102 Å². The minimum atomic E-state index is -1.51. The topological polar surface area (TPSA) is 522 Å². The van der Waals surface area contributed by atoms with Crippen LogP contribution in [0.4, 0.5) is 0 Å². The van der Waals surface area contributed by atoms with Gasteiger partial charge in [0.2, 0.25) is 59.1 Å². The molecule has 26 N–H and O–H groups in total. The molecular weight excluding hydrogens is 1500 g/mol. The van der Waals surface area contributed by atoms with Crippen molar-refractivity contribution < 1.29 is 58.2 Å². The highest BCUT2D eigenvalue weighted by molar-refractivity contribution is 5.96. The van der Waals surface area contributed by atoms with Crippen LogP contribution in [0.3, 0.4) is 0 Å². The Morgan fingerprint density at radius 1 is 0.280 bits per heavy atom. The molecule has 30 heteroatoms. The van der Waals surface area contributed by atoms with Gasteiger partial charge in [-0.15, -0.1) is 0 Å². The van der Waals surface area contributed by atoms with E-state index < -0.39 is 109 Å². The number of carbonyl (C=O) groups is 10. The second kappa shape index (κ2) is 79.3. The number of amides is 10. The van der Waals surface area contributed by atoms with Gasteiger partial charge in [-0.3, -0.25) is 47.9 Å². The summed E-state index contributed by atoms with van der Waals surface area (Å²) < 4.78 is 0. The van der Waals surface area contributed by atoms with E-state index >= 15 is 0 Å². The van der Waals surface area contributed by atoms with Crippen molar-refractivity contribution in [2.45, 2.75) is 383 Å². The van der Waals surface area contributed by atoms with Gasteiger partial charge >= 0.3 is 0 Å². The number of carbonyl (C=O) groups excluding carboxylic acids is 10. The Balaban J connectivity index is 7.08. The molecule has 686 valence electrons. The lowest BCUT2D eigenvalue weighted by Gasteiger charge is -2.30. The number of unbranched alkanes of at least 4 members (excludes halogenated alkanes) is 29. The molecular formula is C88H172N18O12. The van der Waals surface area contributed by atoms with Gasteiger partial charge in [0.25, 0.3) is 0 Å². The van der Waals surface area contributed by atoms with E-state index in [1.54, 1.807) is 0 Å². The first kappa shape index (κ1) is 112. The van der Waals surface area contributed by atoms with Crippen molar-refractivity contribution in [3.8, 4) is 0 Å². The zero-order chi connectivity index (χ0) is 87.3. The number of hydrogen-bond donors (Lipinski definition) is 18. The smallest absolute Gasteiger partial charge is 0.247 e. The van der Waals surface area contributed by atoms with E-state index in [4.69, 9.17) is 45.9 Å². The Morgan fingerprint density at radius 2 is 0.517 bits per heavy atom. The van der Waals surface area contributed by atoms with Crippen LogP contribution < -0.4 is 88.4 Å². The van der Waals surface area contributed by atoms with Crippen LogP contribution in [0.25, 0.3) is 0 Å². The molecule has 0 bridgehead atoms. The number of nitrogens with two attached hydrogens (primary N) is 8. The highest BCUT2D eigenvalue weighted by Gasteiger charge is 2.34. The van der Waals surface area contributed by atoms with Crippen molar-refractivity contribution in [1.82, 2.24) is 52.3 Å². The molecule has 0 radical (unpaired) electrons. The number of nitrogens with zero attached hydrogens (tertiary/aromatic N) is 2. The Kier molecular flexibility index (Phi) is 75.1. The fourth-order valence-corrected chi connectivity index (χ4v) is 13.9. The van der Waals surface area contributed by atoms with Crippen LogP contribution >= 0.6 is 0 Å². The number of aliphatic hydroxyl groups is 2. The second-order valence-electron chi connectivity index (χ2n) is 32.1. The normalized spacial score (nSPS) is 13.6. The quantitative estimate of drug-likeness (QED) is 0.0219. The van der Waals surface area contributed by atoms with E-state index in [1.165, 1.54) is 99.7 Å². The maximum absolute atomic E-state index is 14.9. The van der Waals surface area contributed by atoms with Crippen LogP contribution in [0.1, 0.15) is 335 Å². The van der Waals surface area contributed by atoms with Crippen molar-refractivity contribution in [2.24, 2.45) is 45.9 Å². The van der Waals surface area contributed by atoms with Crippen LogP contribution in [0.2, 0.25) is 0 Å². The lowest BCUT2D eigenvalue weighted by atomic mass is 10.0. The monoisotopic (exact) mass is 1670 g/mol. The van der Waals surface area contributed by atoms with Gasteiger partial charge in [-0.05, 0) is 232 Å². The molecule has 0 saturated carbocycles. The highest BCUT2D eigenvalue weighted by Crippen LogP contribution is 2.17. The highest BCUT2D eigenvalue weighted by atomic mass is 16.3. The van der Waals surface area contributed by atoms with Gasteiger partial charge in [0.15, 0.2) is 0 Å². The summed E-state index contributed by atoms with van der Waals surface area (Å²) in [6, 6.07) is -9.49. The van der Waals surface area contributed by atoms with Gasteiger partial charge < -0.3 is 108 Å². The van der Waals surface area contributed by atoms with Crippen molar-refractivity contribution in [3.63, 3.8) is 0 Å². The lowest BCUT2D eigenvalue weighted by Crippen LogP contribution is -2.58. The summed E-state index contributed by atoms with van der Waals surface area (Å²) in [6.07, 6.45) is 48.0. The second-order valence-corrected chi connectivity index (χ2v) is 32.1.